The van der Waals surface area contributed by atoms with E-state index in [9.17, 15) is 4.79 Å². The summed E-state index contributed by atoms with van der Waals surface area (Å²) in [6.45, 7) is 2.01. The van der Waals surface area contributed by atoms with Crippen LogP contribution in [0.15, 0.2) is 6.20 Å². The first kappa shape index (κ1) is 14.8. The van der Waals surface area contributed by atoms with E-state index in [4.69, 9.17) is 0 Å². The molecule has 116 valence electrons. The van der Waals surface area contributed by atoms with Crippen molar-refractivity contribution >= 4 is 17.7 Å². The molecule has 1 aromatic heterocycles. The lowest BCUT2D eigenvalue weighted by Crippen LogP contribution is -2.33. The third-order valence-electron chi connectivity index (χ3n) is 4.48. The van der Waals surface area contributed by atoms with Crippen molar-refractivity contribution in [3.8, 4) is 0 Å². The van der Waals surface area contributed by atoms with Crippen molar-refractivity contribution in [3.05, 3.63) is 11.9 Å². The second-order valence-electron chi connectivity index (χ2n) is 5.91. The van der Waals surface area contributed by atoms with E-state index in [0.717, 1.165) is 38.8 Å². The molecule has 2 fully saturated rings. The van der Waals surface area contributed by atoms with Gasteiger partial charge in [0.1, 0.15) is 0 Å². The van der Waals surface area contributed by atoms with Crippen LogP contribution in [0.3, 0.4) is 0 Å². The Morgan fingerprint density at radius 2 is 2.19 bits per heavy atom. The standard InChI is InChI=1S/C14H23N5OS/c1-21-12-3-2-10(8-12)16-14(20)13-9-19(18-17-13)11-4-6-15-7-5-11/h9-12,15H,2-8H2,1H3,(H,16,20). The first-order valence-electron chi connectivity index (χ1n) is 7.72. The number of hydrogen-bond acceptors (Lipinski definition) is 5. The second-order valence-corrected chi connectivity index (χ2v) is 7.04. The van der Waals surface area contributed by atoms with Crippen molar-refractivity contribution in [1.82, 2.24) is 25.6 Å². The predicted octanol–water partition coefficient (Wildman–Crippen LogP) is 1.22. The molecule has 7 heteroatoms. The van der Waals surface area contributed by atoms with Crippen LogP contribution >= 0.6 is 11.8 Å². The zero-order valence-corrected chi connectivity index (χ0v) is 13.2. The lowest BCUT2D eigenvalue weighted by Gasteiger charge is -2.22. The predicted molar refractivity (Wildman–Crippen MR) is 83.6 cm³/mol. The number of nitrogens with one attached hydrogen (secondary N) is 2. The van der Waals surface area contributed by atoms with Crippen molar-refractivity contribution in [3.63, 3.8) is 0 Å². The fourth-order valence-corrected chi connectivity index (χ4v) is 3.97. The number of rotatable bonds is 4. The molecule has 2 unspecified atom stereocenters. The number of carbonyl (C=O) groups is 1. The van der Waals surface area contributed by atoms with Crippen LogP contribution in [0.25, 0.3) is 0 Å². The summed E-state index contributed by atoms with van der Waals surface area (Å²) < 4.78 is 1.86. The molecule has 1 amide bonds. The zero-order chi connectivity index (χ0) is 14.7. The summed E-state index contributed by atoms with van der Waals surface area (Å²) in [5.41, 5.74) is 0.445. The molecule has 1 saturated carbocycles. The van der Waals surface area contributed by atoms with Gasteiger partial charge in [-0.05, 0) is 51.4 Å². The lowest BCUT2D eigenvalue weighted by molar-refractivity contribution is 0.0933. The summed E-state index contributed by atoms with van der Waals surface area (Å²) in [4.78, 5) is 12.2. The van der Waals surface area contributed by atoms with Gasteiger partial charge >= 0.3 is 0 Å². The van der Waals surface area contributed by atoms with E-state index in [0.29, 0.717) is 23.0 Å². The Labute approximate surface area is 129 Å². The monoisotopic (exact) mass is 309 g/mol. The maximum absolute atomic E-state index is 12.2. The summed E-state index contributed by atoms with van der Waals surface area (Å²) in [5, 5.41) is 15.3. The van der Waals surface area contributed by atoms with Crippen molar-refractivity contribution in [2.45, 2.75) is 49.4 Å². The Hall–Kier alpha value is -1.08. The van der Waals surface area contributed by atoms with Gasteiger partial charge < -0.3 is 10.6 Å². The van der Waals surface area contributed by atoms with Gasteiger partial charge in [-0.15, -0.1) is 5.10 Å². The summed E-state index contributed by atoms with van der Waals surface area (Å²) >= 11 is 1.89. The number of carbonyl (C=O) groups excluding carboxylic acids is 1. The van der Waals surface area contributed by atoms with E-state index >= 15 is 0 Å². The second kappa shape index (κ2) is 6.79. The van der Waals surface area contributed by atoms with Gasteiger partial charge in [0.15, 0.2) is 5.69 Å². The molecule has 2 atom stereocenters. The molecule has 21 heavy (non-hydrogen) atoms. The van der Waals surface area contributed by atoms with Gasteiger partial charge in [-0.3, -0.25) is 4.79 Å². The van der Waals surface area contributed by atoms with Gasteiger partial charge in [-0.2, -0.15) is 11.8 Å². The molecule has 0 aromatic carbocycles. The SMILES string of the molecule is CSC1CCC(NC(=O)c2cn(C3CCNCC3)nn2)C1. The highest BCUT2D eigenvalue weighted by atomic mass is 32.2. The van der Waals surface area contributed by atoms with Gasteiger partial charge in [0.05, 0.1) is 12.2 Å². The van der Waals surface area contributed by atoms with Crippen molar-refractivity contribution in [2.75, 3.05) is 19.3 Å². The topological polar surface area (TPSA) is 71.8 Å². The largest absolute Gasteiger partial charge is 0.348 e. The highest BCUT2D eigenvalue weighted by molar-refractivity contribution is 7.99. The quantitative estimate of drug-likeness (QED) is 0.875. The summed E-state index contributed by atoms with van der Waals surface area (Å²) in [5.74, 6) is -0.0815. The van der Waals surface area contributed by atoms with Crippen LogP contribution < -0.4 is 10.6 Å². The summed E-state index contributed by atoms with van der Waals surface area (Å²) in [6.07, 6.45) is 9.35. The van der Waals surface area contributed by atoms with Crippen LogP contribution in [0.5, 0.6) is 0 Å². The Balaban J connectivity index is 1.56. The van der Waals surface area contributed by atoms with Crippen LogP contribution in [0.4, 0.5) is 0 Å². The minimum absolute atomic E-state index is 0.0815. The molecule has 1 aliphatic carbocycles. The van der Waals surface area contributed by atoms with Gasteiger partial charge in [0, 0.05) is 11.3 Å². The van der Waals surface area contributed by atoms with E-state index in [1.807, 2.05) is 16.4 Å². The average molecular weight is 309 g/mol. The van der Waals surface area contributed by atoms with E-state index in [2.05, 4.69) is 27.2 Å². The number of nitrogens with zero attached hydrogens (tertiary/aromatic N) is 3. The fraction of sp³-hybridized carbons (Fsp3) is 0.786. The summed E-state index contributed by atoms with van der Waals surface area (Å²) in [7, 11) is 0. The maximum atomic E-state index is 12.2. The number of hydrogen-bond donors (Lipinski definition) is 2. The molecule has 0 radical (unpaired) electrons. The van der Waals surface area contributed by atoms with Crippen LogP contribution in [-0.4, -0.2) is 51.5 Å². The van der Waals surface area contributed by atoms with E-state index in [1.165, 1.54) is 6.42 Å². The molecule has 2 N–H and O–H groups in total. The molecule has 2 aliphatic rings. The molecule has 1 saturated heterocycles. The Kier molecular flexibility index (Phi) is 4.80. The number of aromatic nitrogens is 3. The molecule has 0 bridgehead atoms. The highest BCUT2D eigenvalue weighted by Crippen LogP contribution is 2.28. The zero-order valence-electron chi connectivity index (χ0n) is 12.4. The normalized spacial score (nSPS) is 26.9. The molecule has 1 aliphatic heterocycles. The van der Waals surface area contributed by atoms with E-state index in [1.54, 1.807) is 6.20 Å². The highest BCUT2D eigenvalue weighted by Gasteiger charge is 2.26. The van der Waals surface area contributed by atoms with Crippen molar-refractivity contribution in [1.29, 1.82) is 0 Å². The molecular weight excluding hydrogens is 286 g/mol. The van der Waals surface area contributed by atoms with Crippen LogP contribution in [-0.2, 0) is 0 Å². The van der Waals surface area contributed by atoms with E-state index < -0.39 is 0 Å². The van der Waals surface area contributed by atoms with Crippen LogP contribution in [0.1, 0.15) is 48.6 Å². The van der Waals surface area contributed by atoms with Crippen LogP contribution in [0, 0.1) is 0 Å². The molecule has 0 spiro atoms. The number of thioether (sulfide) groups is 1. The first-order chi connectivity index (χ1) is 10.3. The van der Waals surface area contributed by atoms with Crippen LogP contribution in [0.2, 0.25) is 0 Å². The minimum Gasteiger partial charge on any atom is -0.348 e. The summed E-state index contributed by atoms with van der Waals surface area (Å²) in [6, 6.07) is 0.659. The molecular formula is C14H23N5OS. The van der Waals surface area contributed by atoms with Crippen molar-refractivity contribution < 1.29 is 4.79 Å². The molecule has 6 nitrogen and oxygen atoms in total. The number of piperidine rings is 1. The van der Waals surface area contributed by atoms with Crippen molar-refractivity contribution in [2.24, 2.45) is 0 Å². The smallest absolute Gasteiger partial charge is 0.273 e. The van der Waals surface area contributed by atoms with Gasteiger partial charge in [0.25, 0.3) is 5.91 Å². The Bertz CT molecular complexity index is 485. The molecule has 3 rings (SSSR count). The fourth-order valence-electron chi connectivity index (χ4n) is 3.18. The molecule has 2 heterocycles. The van der Waals surface area contributed by atoms with Gasteiger partial charge in [0.2, 0.25) is 0 Å². The third kappa shape index (κ3) is 3.58. The minimum atomic E-state index is -0.0815. The average Bonchev–Trinajstić information content (AvgIpc) is 3.17. The Morgan fingerprint density at radius 3 is 2.90 bits per heavy atom. The molecule has 1 aromatic rings. The van der Waals surface area contributed by atoms with Gasteiger partial charge in [-0.25, -0.2) is 4.68 Å². The Morgan fingerprint density at radius 1 is 1.38 bits per heavy atom. The maximum Gasteiger partial charge on any atom is 0.273 e. The van der Waals surface area contributed by atoms with Gasteiger partial charge in [-0.1, -0.05) is 5.21 Å². The third-order valence-corrected chi connectivity index (χ3v) is 5.57. The first-order valence-corrected chi connectivity index (χ1v) is 9.01. The van der Waals surface area contributed by atoms with E-state index in [-0.39, 0.29) is 5.91 Å². The number of amides is 1. The lowest BCUT2D eigenvalue weighted by atomic mass is 10.1.